The third-order valence-electron chi connectivity index (χ3n) is 4.06. The second-order valence-corrected chi connectivity index (χ2v) is 7.14. The molecule has 2 N–H and O–H groups in total. The van der Waals surface area contributed by atoms with Crippen LogP contribution in [0.5, 0.6) is 0 Å². The van der Waals surface area contributed by atoms with Gasteiger partial charge in [-0.05, 0) is 57.9 Å². The zero-order chi connectivity index (χ0) is 15.3. The molecule has 1 aliphatic rings. The van der Waals surface area contributed by atoms with Crippen molar-refractivity contribution in [3.63, 3.8) is 0 Å². The molecular formula is C18H28N2O. The molecule has 1 fully saturated rings. The van der Waals surface area contributed by atoms with Gasteiger partial charge in [0.1, 0.15) is 0 Å². The van der Waals surface area contributed by atoms with E-state index in [1.807, 2.05) is 20.8 Å². The zero-order valence-corrected chi connectivity index (χ0v) is 13.5. The quantitative estimate of drug-likeness (QED) is 0.893. The Labute approximate surface area is 128 Å². The van der Waals surface area contributed by atoms with Crippen molar-refractivity contribution in [3.8, 4) is 0 Å². The Morgan fingerprint density at radius 3 is 2.29 bits per heavy atom. The maximum Gasteiger partial charge on any atom is 0.234 e. The fourth-order valence-electron chi connectivity index (χ4n) is 3.06. The van der Waals surface area contributed by atoms with Gasteiger partial charge in [-0.3, -0.25) is 4.79 Å². The fraction of sp³-hybridized carbons (Fsp3) is 0.611. The molecule has 0 saturated heterocycles. The van der Waals surface area contributed by atoms with E-state index < -0.39 is 0 Å². The molecule has 1 amide bonds. The highest BCUT2D eigenvalue weighted by atomic mass is 16.2. The number of carbonyl (C=O) groups excluding carboxylic acids is 1. The number of benzene rings is 1. The van der Waals surface area contributed by atoms with E-state index in [9.17, 15) is 4.79 Å². The van der Waals surface area contributed by atoms with Crippen LogP contribution in [0.2, 0.25) is 0 Å². The van der Waals surface area contributed by atoms with Crippen LogP contribution in [0.4, 0.5) is 0 Å². The summed E-state index contributed by atoms with van der Waals surface area (Å²) in [4.78, 5) is 11.8. The van der Waals surface area contributed by atoms with Crippen molar-refractivity contribution in [2.75, 3.05) is 6.54 Å². The molecule has 3 nitrogen and oxygen atoms in total. The highest BCUT2D eigenvalue weighted by molar-refractivity contribution is 5.78. The fourth-order valence-corrected chi connectivity index (χ4v) is 3.06. The SMILES string of the molecule is CC(C)(C)NC(=O)CNC1CCC(c2ccccc2)CC1. The van der Waals surface area contributed by atoms with E-state index in [4.69, 9.17) is 0 Å². The van der Waals surface area contributed by atoms with Gasteiger partial charge < -0.3 is 10.6 Å². The van der Waals surface area contributed by atoms with Gasteiger partial charge >= 0.3 is 0 Å². The molecule has 0 unspecified atom stereocenters. The summed E-state index contributed by atoms with van der Waals surface area (Å²) in [7, 11) is 0. The van der Waals surface area contributed by atoms with Crippen molar-refractivity contribution in [1.82, 2.24) is 10.6 Å². The first kappa shape index (κ1) is 16.0. The van der Waals surface area contributed by atoms with Crippen molar-refractivity contribution in [3.05, 3.63) is 35.9 Å². The number of hydrogen-bond donors (Lipinski definition) is 2. The Morgan fingerprint density at radius 1 is 1.10 bits per heavy atom. The smallest absolute Gasteiger partial charge is 0.234 e. The highest BCUT2D eigenvalue weighted by Gasteiger charge is 2.22. The molecule has 21 heavy (non-hydrogen) atoms. The second-order valence-electron chi connectivity index (χ2n) is 7.14. The Balaban J connectivity index is 1.71. The van der Waals surface area contributed by atoms with Gasteiger partial charge in [-0.2, -0.15) is 0 Å². The van der Waals surface area contributed by atoms with Crippen LogP contribution < -0.4 is 10.6 Å². The minimum atomic E-state index is -0.149. The molecular weight excluding hydrogens is 260 g/mol. The summed E-state index contributed by atoms with van der Waals surface area (Å²) in [5.74, 6) is 0.778. The normalized spacial score (nSPS) is 22.8. The minimum absolute atomic E-state index is 0.0904. The Morgan fingerprint density at radius 2 is 1.71 bits per heavy atom. The van der Waals surface area contributed by atoms with Crippen molar-refractivity contribution in [2.24, 2.45) is 0 Å². The topological polar surface area (TPSA) is 41.1 Å². The van der Waals surface area contributed by atoms with Crippen LogP contribution >= 0.6 is 0 Å². The monoisotopic (exact) mass is 288 g/mol. The van der Waals surface area contributed by atoms with E-state index >= 15 is 0 Å². The lowest BCUT2D eigenvalue weighted by Gasteiger charge is -2.30. The van der Waals surface area contributed by atoms with Crippen molar-refractivity contribution < 1.29 is 4.79 Å². The summed E-state index contributed by atoms with van der Waals surface area (Å²) in [5, 5.41) is 6.40. The molecule has 0 bridgehead atoms. The lowest BCUT2D eigenvalue weighted by atomic mass is 9.82. The van der Waals surface area contributed by atoms with Gasteiger partial charge in [0.25, 0.3) is 0 Å². The van der Waals surface area contributed by atoms with Crippen molar-refractivity contribution in [1.29, 1.82) is 0 Å². The van der Waals surface area contributed by atoms with Gasteiger partial charge in [-0.1, -0.05) is 30.3 Å². The van der Waals surface area contributed by atoms with Gasteiger partial charge in [0.15, 0.2) is 0 Å². The van der Waals surface area contributed by atoms with Crippen LogP contribution in [0.3, 0.4) is 0 Å². The molecule has 0 aromatic heterocycles. The summed E-state index contributed by atoms with van der Waals surface area (Å²) in [6, 6.07) is 11.3. The van der Waals surface area contributed by atoms with Gasteiger partial charge in [0.05, 0.1) is 6.54 Å². The van der Waals surface area contributed by atoms with Crippen LogP contribution in [-0.4, -0.2) is 24.0 Å². The molecule has 1 aliphatic carbocycles. The number of carbonyl (C=O) groups is 1. The Bertz CT molecular complexity index is 442. The molecule has 0 heterocycles. The molecule has 0 atom stereocenters. The lowest BCUT2D eigenvalue weighted by Crippen LogP contribution is -2.47. The van der Waals surface area contributed by atoms with E-state index in [0.717, 1.165) is 12.8 Å². The third kappa shape index (κ3) is 5.50. The summed E-state index contributed by atoms with van der Waals surface area (Å²) in [6.07, 6.45) is 4.73. The van der Waals surface area contributed by atoms with Crippen LogP contribution in [0.25, 0.3) is 0 Å². The molecule has 1 aromatic carbocycles. The van der Waals surface area contributed by atoms with Gasteiger partial charge in [0.2, 0.25) is 5.91 Å². The van der Waals surface area contributed by atoms with E-state index in [2.05, 4.69) is 41.0 Å². The molecule has 3 heteroatoms. The van der Waals surface area contributed by atoms with Crippen LogP contribution in [0, 0.1) is 0 Å². The number of hydrogen-bond acceptors (Lipinski definition) is 2. The minimum Gasteiger partial charge on any atom is -0.350 e. The summed E-state index contributed by atoms with van der Waals surface area (Å²) in [5.41, 5.74) is 1.31. The molecule has 116 valence electrons. The molecule has 1 aromatic rings. The first-order valence-corrected chi connectivity index (χ1v) is 8.03. The molecule has 2 rings (SSSR count). The first-order chi connectivity index (χ1) is 9.94. The lowest BCUT2D eigenvalue weighted by molar-refractivity contribution is -0.121. The molecule has 1 saturated carbocycles. The van der Waals surface area contributed by atoms with Gasteiger partial charge in [0, 0.05) is 11.6 Å². The molecule has 0 aliphatic heterocycles. The standard InChI is InChI=1S/C18H28N2O/c1-18(2,3)20-17(21)13-19-16-11-9-15(10-12-16)14-7-5-4-6-8-14/h4-8,15-16,19H,9-13H2,1-3H3,(H,20,21). The zero-order valence-electron chi connectivity index (χ0n) is 13.5. The molecule has 0 radical (unpaired) electrons. The van der Waals surface area contributed by atoms with Crippen LogP contribution in [-0.2, 0) is 4.79 Å². The average Bonchev–Trinajstić information content (AvgIpc) is 2.45. The van der Waals surface area contributed by atoms with E-state index in [1.165, 1.54) is 18.4 Å². The predicted octanol–water partition coefficient (Wildman–Crippen LogP) is 3.22. The summed E-state index contributed by atoms with van der Waals surface area (Å²) in [6.45, 7) is 6.46. The number of rotatable bonds is 4. The van der Waals surface area contributed by atoms with Crippen molar-refractivity contribution in [2.45, 2.75) is 64.0 Å². The number of amides is 1. The average molecular weight is 288 g/mol. The maximum atomic E-state index is 11.8. The largest absolute Gasteiger partial charge is 0.350 e. The summed E-state index contributed by atoms with van der Waals surface area (Å²) >= 11 is 0. The summed E-state index contributed by atoms with van der Waals surface area (Å²) < 4.78 is 0. The van der Waals surface area contributed by atoms with Gasteiger partial charge in [-0.15, -0.1) is 0 Å². The van der Waals surface area contributed by atoms with Gasteiger partial charge in [-0.25, -0.2) is 0 Å². The van der Waals surface area contributed by atoms with Crippen molar-refractivity contribution >= 4 is 5.91 Å². The van der Waals surface area contributed by atoms with Crippen LogP contribution in [0.15, 0.2) is 30.3 Å². The van der Waals surface area contributed by atoms with E-state index in [-0.39, 0.29) is 11.4 Å². The maximum absolute atomic E-state index is 11.8. The Kier molecular flexibility index (Phi) is 5.40. The van der Waals surface area contributed by atoms with Crippen LogP contribution in [0.1, 0.15) is 57.9 Å². The second kappa shape index (κ2) is 7.08. The van der Waals surface area contributed by atoms with E-state index in [1.54, 1.807) is 0 Å². The van der Waals surface area contributed by atoms with E-state index in [0.29, 0.717) is 18.5 Å². The molecule has 0 spiro atoms. The number of nitrogens with one attached hydrogen (secondary N) is 2. The highest BCUT2D eigenvalue weighted by Crippen LogP contribution is 2.32. The third-order valence-corrected chi connectivity index (χ3v) is 4.06. The predicted molar refractivity (Wildman–Crippen MR) is 87.3 cm³/mol. The Hall–Kier alpha value is -1.35. The first-order valence-electron chi connectivity index (χ1n) is 8.03.